The van der Waals surface area contributed by atoms with E-state index in [2.05, 4.69) is 16.3 Å². The first-order valence-corrected chi connectivity index (χ1v) is 10.8. The molecule has 0 spiro atoms. The Bertz CT molecular complexity index is 1020. The number of nitrogens with zero attached hydrogens (tertiary/aromatic N) is 3. The molecular weight excluding hydrogens is 390 g/mol. The maximum atomic E-state index is 12.6. The van der Waals surface area contributed by atoms with Crippen LogP contribution in [0.1, 0.15) is 17.5 Å². The molecule has 0 saturated carbocycles. The molecular formula is C20H23N5O3S. The Morgan fingerprint density at radius 2 is 1.86 bits per heavy atom. The van der Waals surface area contributed by atoms with Crippen molar-refractivity contribution >= 4 is 21.7 Å². The standard InChI is InChI=1S/C20H23N5O3S/c21-14-16-5-7-17(8-6-16)15-24-9-2-10-25(12-11-24)20(26)23-18-3-1-4-19(13-18)29(22,27)28/h1,3-8,13H,2,9-12,15H2,(H,23,26)(H2,22,27,28). The molecule has 2 aromatic carbocycles. The topological polar surface area (TPSA) is 120 Å². The number of sulfonamides is 1. The van der Waals surface area contributed by atoms with E-state index in [1.54, 1.807) is 11.0 Å². The van der Waals surface area contributed by atoms with Gasteiger partial charge in [0, 0.05) is 38.4 Å². The maximum absolute atomic E-state index is 12.6. The van der Waals surface area contributed by atoms with Gasteiger partial charge in [-0.1, -0.05) is 18.2 Å². The summed E-state index contributed by atoms with van der Waals surface area (Å²) in [6, 6.07) is 15.3. The summed E-state index contributed by atoms with van der Waals surface area (Å²) in [4.78, 5) is 16.6. The van der Waals surface area contributed by atoms with Gasteiger partial charge in [0.25, 0.3) is 0 Å². The number of hydrogen-bond donors (Lipinski definition) is 2. The summed E-state index contributed by atoms with van der Waals surface area (Å²) >= 11 is 0. The van der Waals surface area contributed by atoms with Crippen molar-refractivity contribution in [2.75, 3.05) is 31.5 Å². The van der Waals surface area contributed by atoms with Gasteiger partial charge in [0.1, 0.15) is 0 Å². The molecule has 0 radical (unpaired) electrons. The van der Waals surface area contributed by atoms with Gasteiger partial charge in [0.2, 0.25) is 10.0 Å². The second-order valence-electron chi connectivity index (χ2n) is 6.93. The third-order valence-corrected chi connectivity index (χ3v) is 5.69. The van der Waals surface area contributed by atoms with E-state index in [1.807, 2.05) is 24.3 Å². The first-order valence-electron chi connectivity index (χ1n) is 9.25. The molecule has 2 amide bonds. The highest BCUT2D eigenvalue weighted by atomic mass is 32.2. The number of nitrogens with one attached hydrogen (secondary N) is 1. The number of urea groups is 1. The minimum absolute atomic E-state index is 0.0419. The molecule has 0 atom stereocenters. The number of rotatable bonds is 4. The second-order valence-corrected chi connectivity index (χ2v) is 8.49. The van der Waals surface area contributed by atoms with Crippen LogP contribution in [0.5, 0.6) is 0 Å². The highest BCUT2D eigenvalue weighted by molar-refractivity contribution is 7.89. The van der Waals surface area contributed by atoms with Gasteiger partial charge in [0.05, 0.1) is 16.5 Å². The van der Waals surface area contributed by atoms with Crippen LogP contribution in [0.15, 0.2) is 53.4 Å². The molecule has 0 aromatic heterocycles. The molecule has 1 aliphatic heterocycles. The lowest BCUT2D eigenvalue weighted by atomic mass is 10.1. The third kappa shape index (κ3) is 5.77. The van der Waals surface area contributed by atoms with Gasteiger partial charge < -0.3 is 10.2 Å². The van der Waals surface area contributed by atoms with E-state index in [1.165, 1.54) is 18.2 Å². The number of anilines is 1. The average Bonchev–Trinajstić information content (AvgIpc) is 2.94. The largest absolute Gasteiger partial charge is 0.323 e. The molecule has 0 bridgehead atoms. The number of amides is 2. The van der Waals surface area contributed by atoms with Crippen molar-refractivity contribution in [3.63, 3.8) is 0 Å². The molecule has 3 rings (SSSR count). The minimum Gasteiger partial charge on any atom is -0.323 e. The van der Waals surface area contributed by atoms with Crippen LogP contribution in [0.25, 0.3) is 0 Å². The molecule has 9 heteroatoms. The van der Waals surface area contributed by atoms with E-state index in [-0.39, 0.29) is 10.9 Å². The minimum atomic E-state index is -3.82. The van der Waals surface area contributed by atoms with E-state index in [4.69, 9.17) is 10.4 Å². The van der Waals surface area contributed by atoms with Crippen molar-refractivity contribution in [2.45, 2.75) is 17.9 Å². The summed E-state index contributed by atoms with van der Waals surface area (Å²) in [5.41, 5.74) is 2.15. The number of carbonyl (C=O) groups excluding carboxylic acids is 1. The van der Waals surface area contributed by atoms with Crippen molar-refractivity contribution in [1.82, 2.24) is 9.80 Å². The summed E-state index contributed by atoms with van der Waals surface area (Å²) < 4.78 is 22.9. The smallest absolute Gasteiger partial charge is 0.321 e. The first-order chi connectivity index (χ1) is 13.8. The Hall–Kier alpha value is -2.93. The Morgan fingerprint density at radius 1 is 1.10 bits per heavy atom. The van der Waals surface area contributed by atoms with Gasteiger partial charge in [0.15, 0.2) is 0 Å². The summed E-state index contributed by atoms with van der Waals surface area (Å²) in [5.74, 6) is 0. The van der Waals surface area contributed by atoms with Gasteiger partial charge in [-0.25, -0.2) is 18.4 Å². The molecule has 29 heavy (non-hydrogen) atoms. The van der Waals surface area contributed by atoms with E-state index in [9.17, 15) is 13.2 Å². The Morgan fingerprint density at radius 3 is 2.55 bits per heavy atom. The number of nitrogens with two attached hydrogens (primary N) is 1. The summed E-state index contributed by atoms with van der Waals surface area (Å²) in [6.07, 6.45) is 0.834. The van der Waals surface area contributed by atoms with Gasteiger partial charge in [-0.05, 0) is 42.3 Å². The van der Waals surface area contributed by atoms with Crippen LogP contribution in [0, 0.1) is 11.3 Å². The molecule has 1 saturated heterocycles. The normalized spacial score (nSPS) is 15.4. The zero-order valence-electron chi connectivity index (χ0n) is 15.9. The lowest BCUT2D eigenvalue weighted by Crippen LogP contribution is -2.38. The van der Waals surface area contributed by atoms with E-state index in [0.717, 1.165) is 31.6 Å². The molecule has 1 aliphatic rings. The number of nitriles is 1. The molecule has 8 nitrogen and oxygen atoms in total. The van der Waals surface area contributed by atoms with Crippen LogP contribution in [-0.4, -0.2) is 50.4 Å². The molecule has 1 heterocycles. The van der Waals surface area contributed by atoms with Crippen molar-refractivity contribution in [3.8, 4) is 6.07 Å². The third-order valence-electron chi connectivity index (χ3n) is 4.78. The quantitative estimate of drug-likeness (QED) is 0.794. The van der Waals surface area contributed by atoms with Crippen molar-refractivity contribution < 1.29 is 13.2 Å². The van der Waals surface area contributed by atoms with Crippen molar-refractivity contribution in [2.24, 2.45) is 5.14 Å². The van der Waals surface area contributed by atoms with E-state index < -0.39 is 10.0 Å². The summed E-state index contributed by atoms with van der Waals surface area (Å²) in [5, 5.41) is 16.8. The lowest BCUT2D eigenvalue weighted by molar-refractivity contribution is 0.211. The Labute approximate surface area is 170 Å². The van der Waals surface area contributed by atoms with Gasteiger partial charge in [-0.2, -0.15) is 5.26 Å². The fourth-order valence-electron chi connectivity index (χ4n) is 3.23. The monoisotopic (exact) mass is 413 g/mol. The Kier molecular flexibility index (Phi) is 6.49. The highest BCUT2D eigenvalue weighted by Gasteiger charge is 2.20. The van der Waals surface area contributed by atoms with Crippen molar-refractivity contribution in [3.05, 3.63) is 59.7 Å². The zero-order chi connectivity index (χ0) is 20.9. The number of hydrogen-bond acceptors (Lipinski definition) is 5. The van der Waals surface area contributed by atoms with E-state index in [0.29, 0.717) is 24.3 Å². The fraction of sp³-hybridized carbons (Fsp3) is 0.300. The van der Waals surface area contributed by atoms with Crippen LogP contribution < -0.4 is 10.5 Å². The number of carbonyl (C=O) groups is 1. The number of primary sulfonamides is 1. The van der Waals surface area contributed by atoms with Gasteiger partial charge in [-0.15, -0.1) is 0 Å². The maximum Gasteiger partial charge on any atom is 0.321 e. The lowest BCUT2D eigenvalue weighted by Gasteiger charge is -2.22. The van der Waals surface area contributed by atoms with Crippen molar-refractivity contribution in [1.29, 1.82) is 5.26 Å². The second kappa shape index (κ2) is 9.05. The van der Waals surface area contributed by atoms with Gasteiger partial charge in [-0.3, -0.25) is 4.90 Å². The summed E-state index contributed by atoms with van der Waals surface area (Å²) in [6.45, 7) is 3.54. The highest BCUT2D eigenvalue weighted by Crippen LogP contribution is 2.16. The van der Waals surface area contributed by atoms with E-state index >= 15 is 0 Å². The SMILES string of the molecule is N#Cc1ccc(CN2CCCN(C(=O)Nc3cccc(S(N)(=O)=O)c3)CC2)cc1. The van der Waals surface area contributed by atoms with Crippen LogP contribution in [-0.2, 0) is 16.6 Å². The first kappa shape index (κ1) is 20.8. The molecule has 3 N–H and O–H groups in total. The van der Waals surface area contributed by atoms with Gasteiger partial charge >= 0.3 is 6.03 Å². The average molecular weight is 414 g/mol. The molecule has 2 aromatic rings. The molecule has 1 fully saturated rings. The zero-order valence-corrected chi connectivity index (χ0v) is 16.7. The Balaban J connectivity index is 1.57. The molecule has 152 valence electrons. The molecule has 0 unspecified atom stereocenters. The fourth-order valence-corrected chi connectivity index (χ4v) is 3.79. The van der Waals surface area contributed by atoms with Crippen LogP contribution in [0.3, 0.4) is 0 Å². The van der Waals surface area contributed by atoms with Crippen LogP contribution >= 0.6 is 0 Å². The van der Waals surface area contributed by atoms with Crippen LogP contribution in [0.2, 0.25) is 0 Å². The predicted molar refractivity (Wildman–Crippen MR) is 109 cm³/mol. The molecule has 0 aliphatic carbocycles. The van der Waals surface area contributed by atoms with Crippen LogP contribution in [0.4, 0.5) is 10.5 Å². The number of benzene rings is 2. The summed E-state index contributed by atoms with van der Waals surface area (Å²) in [7, 11) is -3.82. The predicted octanol–water partition coefficient (Wildman–Crippen LogP) is 1.95.